The molecule has 2 aromatic carbocycles. The first kappa shape index (κ1) is 26.3. The molecule has 188 valence electrons. The van der Waals surface area contributed by atoms with Gasteiger partial charge in [-0.3, -0.25) is 4.84 Å². The van der Waals surface area contributed by atoms with Crippen LogP contribution in [0.25, 0.3) is 11.5 Å². The average molecular weight is 481 g/mol. The summed E-state index contributed by atoms with van der Waals surface area (Å²) in [5.41, 5.74) is 3.05. The number of carbonyl (C=O) groups is 1. The van der Waals surface area contributed by atoms with E-state index in [-0.39, 0.29) is 0 Å². The summed E-state index contributed by atoms with van der Waals surface area (Å²) in [6, 6.07) is 17.9. The monoisotopic (exact) mass is 480 g/mol. The molecule has 0 radical (unpaired) electrons. The molecule has 35 heavy (non-hydrogen) atoms. The fraction of sp³-hybridized carbons (Fsp3) is 0.429. The van der Waals surface area contributed by atoms with Crippen LogP contribution in [-0.4, -0.2) is 42.5 Å². The van der Waals surface area contributed by atoms with Gasteiger partial charge in [-0.2, -0.15) is 5.06 Å². The zero-order valence-corrected chi connectivity index (χ0v) is 21.0. The molecule has 7 nitrogen and oxygen atoms in total. The third kappa shape index (κ3) is 8.44. The van der Waals surface area contributed by atoms with Gasteiger partial charge in [0.05, 0.1) is 32.1 Å². The Balaban J connectivity index is 1.41. The summed E-state index contributed by atoms with van der Waals surface area (Å²) in [5.74, 6) is 2.27. The molecule has 0 fully saturated rings. The smallest absolute Gasteiger partial charge is 0.433 e. The van der Waals surface area contributed by atoms with Crippen molar-refractivity contribution in [2.45, 2.75) is 52.9 Å². The van der Waals surface area contributed by atoms with Crippen LogP contribution in [0.5, 0.6) is 5.75 Å². The number of aromatic nitrogens is 1. The fourth-order valence-corrected chi connectivity index (χ4v) is 3.55. The Morgan fingerprint density at radius 1 is 0.971 bits per heavy atom. The molecule has 7 heteroatoms. The van der Waals surface area contributed by atoms with Crippen LogP contribution in [-0.2, 0) is 22.4 Å². The number of nitrogens with zero attached hydrogens (tertiary/aromatic N) is 2. The van der Waals surface area contributed by atoms with E-state index >= 15 is 0 Å². The Bertz CT molecular complexity index is 1020. The number of carbonyl (C=O) groups excluding carboxylic acids is 1. The molecule has 0 unspecified atom stereocenters. The number of ether oxygens (including phenoxy) is 2. The lowest BCUT2D eigenvalue weighted by atomic mass is 10.1. The van der Waals surface area contributed by atoms with E-state index in [1.165, 1.54) is 10.6 Å². The summed E-state index contributed by atoms with van der Waals surface area (Å²) < 4.78 is 17.0. The van der Waals surface area contributed by atoms with Gasteiger partial charge in [0, 0.05) is 12.0 Å². The number of hydrogen-bond donors (Lipinski definition) is 0. The van der Waals surface area contributed by atoms with E-state index in [1.54, 1.807) is 0 Å². The van der Waals surface area contributed by atoms with E-state index < -0.39 is 6.09 Å². The quantitative estimate of drug-likeness (QED) is 0.196. The molecule has 0 saturated heterocycles. The van der Waals surface area contributed by atoms with Gasteiger partial charge < -0.3 is 13.9 Å². The van der Waals surface area contributed by atoms with Crippen molar-refractivity contribution in [1.82, 2.24) is 10.0 Å². The van der Waals surface area contributed by atoms with Gasteiger partial charge in [-0.15, -0.1) is 0 Å². The minimum Gasteiger partial charge on any atom is -0.493 e. The van der Waals surface area contributed by atoms with Crippen LogP contribution in [0.15, 0.2) is 59.0 Å². The van der Waals surface area contributed by atoms with Crippen LogP contribution < -0.4 is 4.74 Å². The molecule has 3 rings (SSSR count). The third-order valence-corrected chi connectivity index (χ3v) is 5.48. The van der Waals surface area contributed by atoms with Gasteiger partial charge in [0.1, 0.15) is 11.5 Å². The summed E-state index contributed by atoms with van der Waals surface area (Å²) in [6.07, 6.45) is 3.70. The Morgan fingerprint density at radius 3 is 2.46 bits per heavy atom. The van der Waals surface area contributed by atoms with Crippen molar-refractivity contribution in [3.05, 3.63) is 71.6 Å². The van der Waals surface area contributed by atoms with Gasteiger partial charge >= 0.3 is 6.09 Å². The van der Waals surface area contributed by atoms with Gasteiger partial charge in [-0.25, -0.2) is 9.78 Å². The second-order valence-electron chi connectivity index (χ2n) is 8.22. The Hall–Kier alpha value is -3.32. The normalized spacial score (nSPS) is 10.8. The topological polar surface area (TPSA) is 74.0 Å². The highest BCUT2D eigenvalue weighted by molar-refractivity contribution is 5.66. The number of aryl methyl sites for hydroxylation is 2. The minimum absolute atomic E-state index is 0.415. The average Bonchev–Trinajstić information content (AvgIpc) is 3.25. The number of rotatable bonds is 14. The predicted molar refractivity (Wildman–Crippen MR) is 135 cm³/mol. The van der Waals surface area contributed by atoms with E-state index in [2.05, 4.69) is 24.0 Å². The Kier molecular flexibility index (Phi) is 10.6. The van der Waals surface area contributed by atoms with E-state index in [1.807, 2.05) is 56.3 Å². The van der Waals surface area contributed by atoms with Crippen molar-refractivity contribution >= 4 is 6.09 Å². The molecular weight excluding hydrogens is 444 g/mol. The molecule has 0 aliphatic rings. The summed E-state index contributed by atoms with van der Waals surface area (Å²) in [7, 11) is 0. The van der Waals surface area contributed by atoms with Crippen LogP contribution in [0.1, 0.15) is 50.1 Å². The van der Waals surface area contributed by atoms with Crippen LogP contribution in [0.3, 0.4) is 0 Å². The largest absolute Gasteiger partial charge is 0.493 e. The van der Waals surface area contributed by atoms with Crippen LogP contribution in [0.2, 0.25) is 0 Å². The molecule has 1 amide bonds. The fourth-order valence-electron chi connectivity index (χ4n) is 3.55. The van der Waals surface area contributed by atoms with Crippen molar-refractivity contribution < 1.29 is 23.5 Å². The van der Waals surface area contributed by atoms with Gasteiger partial charge in [0.25, 0.3) is 0 Å². The van der Waals surface area contributed by atoms with Crippen LogP contribution >= 0.6 is 0 Å². The predicted octanol–water partition coefficient (Wildman–Crippen LogP) is 6.39. The van der Waals surface area contributed by atoms with Gasteiger partial charge in [-0.1, -0.05) is 43.7 Å². The molecule has 1 aromatic heterocycles. The van der Waals surface area contributed by atoms with Crippen LogP contribution in [0, 0.1) is 6.92 Å². The highest BCUT2D eigenvalue weighted by Crippen LogP contribution is 2.22. The van der Waals surface area contributed by atoms with Crippen LogP contribution in [0.4, 0.5) is 4.79 Å². The number of hydrogen-bond acceptors (Lipinski definition) is 6. The zero-order chi connectivity index (χ0) is 24.9. The highest BCUT2D eigenvalue weighted by Gasteiger charge is 2.15. The van der Waals surface area contributed by atoms with Crippen molar-refractivity contribution in [2.24, 2.45) is 0 Å². The number of hydroxylamine groups is 2. The van der Waals surface area contributed by atoms with Gasteiger partial charge in [0.2, 0.25) is 5.89 Å². The lowest BCUT2D eigenvalue weighted by Gasteiger charge is -2.20. The first-order chi connectivity index (χ1) is 17.1. The van der Waals surface area contributed by atoms with Crippen molar-refractivity contribution in [3.8, 4) is 17.2 Å². The van der Waals surface area contributed by atoms with E-state index in [4.69, 9.17) is 18.7 Å². The zero-order valence-electron chi connectivity index (χ0n) is 21.0. The molecule has 0 spiro atoms. The lowest BCUT2D eigenvalue weighted by molar-refractivity contribution is -0.132. The standard InChI is InChI=1S/C28H36N2O5/c1-4-6-20-33-28(31)30(34-5-2)19-10-11-23-14-16-25(17-15-23)32-21-18-26-22(3)35-27(29-26)24-12-8-7-9-13-24/h7-9,12-17H,4-6,10-11,18-21H2,1-3H3. The summed E-state index contributed by atoms with van der Waals surface area (Å²) >= 11 is 0. The molecule has 0 aliphatic carbocycles. The number of oxazole rings is 1. The first-order valence-corrected chi connectivity index (χ1v) is 12.4. The maximum atomic E-state index is 12.1. The van der Waals surface area contributed by atoms with Gasteiger partial charge in [0.15, 0.2) is 0 Å². The SMILES string of the molecule is CCCCOC(=O)N(CCCc1ccc(OCCc2nc(-c3ccccc3)oc2C)cc1)OCC. The first-order valence-electron chi connectivity index (χ1n) is 12.4. The molecule has 0 aliphatic heterocycles. The summed E-state index contributed by atoms with van der Waals surface area (Å²) in [6.45, 7) is 7.70. The Labute approximate surface area is 208 Å². The van der Waals surface area contributed by atoms with Crippen molar-refractivity contribution in [2.75, 3.05) is 26.4 Å². The van der Waals surface area contributed by atoms with Gasteiger partial charge in [-0.05, 0) is 62.9 Å². The maximum absolute atomic E-state index is 12.1. The number of amides is 1. The van der Waals surface area contributed by atoms with E-state index in [0.29, 0.717) is 38.7 Å². The molecule has 0 N–H and O–H groups in total. The summed E-state index contributed by atoms with van der Waals surface area (Å²) in [4.78, 5) is 22.2. The molecule has 0 saturated carbocycles. The second-order valence-corrected chi connectivity index (χ2v) is 8.22. The number of unbranched alkanes of at least 4 members (excludes halogenated alkanes) is 1. The Morgan fingerprint density at radius 2 is 1.74 bits per heavy atom. The maximum Gasteiger partial charge on any atom is 0.433 e. The van der Waals surface area contributed by atoms with E-state index in [0.717, 1.165) is 48.5 Å². The molecular formula is C28H36N2O5. The molecule has 3 aromatic rings. The van der Waals surface area contributed by atoms with Crippen molar-refractivity contribution in [1.29, 1.82) is 0 Å². The number of benzene rings is 2. The molecule has 0 atom stereocenters. The lowest BCUT2D eigenvalue weighted by Crippen LogP contribution is -2.33. The van der Waals surface area contributed by atoms with E-state index in [9.17, 15) is 4.79 Å². The highest BCUT2D eigenvalue weighted by atomic mass is 16.7. The molecule has 1 heterocycles. The minimum atomic E-state index is -0.415. The third-order valence-electron chi connectivity index (χ3n) is 5.48. The summed E-state index contributed by atoms with van der Waals surface area (Å²) in [5, 5.41) is 1.32. The molecule has 0 bridgehead atoms. The second kappa shape index (κ2) is 14.2. The van der Waals surface area contributed by atoms with Crippen molar-refractivity contribution in [3.63, 3.8) is 0 Å².